The predicted octanol–water partition coefficient (Wildman–Crippen LogP) is 2.83. The summed E-state index contributed by atoms with van der Waals surface area (Å²) in [7, 11) is 2.07. The van der Waals surface area contributed by atoms with Gasteiger partial charge in [0.05, 0.1) is 6.10 Å². The van der Waals surface area contributed by atoms with Crippen LogP contribution in [0.4, 0.5) is 0 Å². The molecule has 1 aliphatic carbocycles. The third-order valence-corrected chi connectivity index (χ3v) is 3.60. The van der Waals surface area contributed by atoms with Gasteiger partial charge in [-0.1, -0.05) is 33.1 Å². The van der Waals surface area contributed by atoms with Crippen LogP contribution < -0.4 is 5.32 Å². The molecular weight excluding hydrogens is 186 g/mol. The van der Waals surface area contributed by atoms with Crippen molar-refractivity contribution in [1.82, 2.24) is 5.32 Å². The van der Waals surface area contributed by atoms with Crippen molar-refractivity contribution in [1.29, 1.82) is 0 Å². The van der Waals surface area contributed by atoms with E-state index in [0.29, 0.717) is 18.1 Å². The lowest BCUT2D eigenvalue weighted by Gasteiger charge is -2.35. The second-order valence-electron chi connectivity index (χ2n) is 5.09. The van der Waals surface area contributed by atoms with Crippen molar-refractivity contribution in [2.45, 2.75) is 58.6 Å². The number of hydrogen-bond donors (Lipinski definition) is 1. The zero-order chi connectivity index (χ0) is 11.3. The summed E-state index contributed by atoms with van der Waals surface area (Å²) in [5.41, 5.74) is 0. The molecule has 90 valence electrons. The lowest BCUT2D eigenvalue weighted by atomic mass is 9.79. The summed E-state index contributed by atoms with van der Waals surface area (Å²) >= 11 is 0. The van der Waals surface area contributed by atoms with Crippen LogP contribution >= 0.6 is 0 Å². The number of nitrogens with one attached hydrogen (secondary N) is 1. The van der Waals surface area contributed by atoms with Gasteiger partial charge in [-0.25, -0.2) is 0 Å². The zero-order valence-corrected chi connectivity index (χ0v) is 10.8. The molecule has 0 amide bonds. The molecule has 0 heterocycles. The SMILES string of the molecule is CCOC(C(C)C)C(CC1CCC1)NC. The van der Waals surface area contributed by atoms with E-state index in [0.717, 1.165) is 12.5 Å². The van der Waals surface area contributed by atoms with Crippen LogP contribution in [0.1, 0.15) is 46.5 Å². The van der Waals surface area contributed by atoms with Crippen LogP contribution in [-0.2, 0) is 4.74 Å². The minimum Gasteiger partial charge on any atom is -0.377 e. The van der Waals surface area contributed by atoms with E-state index in [1.54, 1.807) is 0 Å². The van der Waals surface area contributed by atoms with E-state index >= 15 is 0 Å². The Bertz CT molecular complexity index is 166. The summed E-state index contributed by atoms with van der Waals surface area (Å²) in [5, 5.41) is 3.44. The van der Waals surface area contributed by atoms with Crippen LogP contribution in [-0.4, -0.2) is 25.8 Å². The molecule has 0 spiro atoms. The molecule has 0 radical (unpaired) electrons. The molecule has 0 bridgehead atoms. The van der Waals surface area contributed by atoms with Gasteiger partial charge in [-0.05, 0) is 32.2 Å². The average Bonchev–Trinajstić information content (AvgIpc) is 2.14. The third-order valence-electron chi connectivity index (χ3n) is 3.60. The molecule has 2 unspecified atom stereocenters. The summed E-state index contributed by atoms with van der Waals surface area (Å²) in [6, 6.07) is 0.537. The molecule has 2 nitrogen and oxygen atoms in total. The van der Waals surface area contributed by atoms with Crippen LogP contribution in [0.2, 0.25) is 0 Å². The van der Waals surface area contributed by atoms with E-state index in [1.807, 2.05) is 0 Å². The van der Waals surface area contributed by atoms with Crippen molar-refractivity contribution in [2.75, 3.05) is 13.7 Å². The van der Waals surface area contributed by atoms with Gasteiger partial charge in [0, 0.05) is 12.6 Å². The van der Waals surface area contributed by atoms with Crippen molar-refractivity contribution in [3.8, 4) is 0 Å². The molecule has 0 aromatic heterocycles. The molecule has 1 saturated carbocycles. The molecule has 2 heteroatoms. The fraction of sp³-hybridized carbons (Fsp3) is 1.00. The quantitative estimate of drug-likeness (QED) is 0.702. The van der Waals surface area contributed by atoms with Crippen molar-refractivity contribution in [2.24, 2.45) is 11.8 Å². The topological polar surface area (TPSA) is 21.3 Å². The predicted molar refractivity (Wildman–Crippen MR) is 65.1 cm³/mol. The molecule has 0 aromatic rings. The lowest BCUT2D eigenvalue weighted by molar-refractivity contribution is -0.00369. The number of likely N-dealkylation sites (N-methyl/N-ethyl adjacent to an activating group) is 1. The molecule has 1 fully saturated rings. The first kappa shape index (κ1) is 13.0. The van der Waals surface area contributed by atoms with Gasteiger partial charge in [-0.2, -0.15) is 0 Å². The monoisotopic (exact) mass is 213 g/mol. The van der Waals surface area contributed by atoms with Crippen molar-refractivity contribution in [3.05, 3.63) is 0 Å². The third kappa shape index (κ3) is 3.76. The van der Waals surface area contributed by atoms with Crippen LogP contribution in [0, 0.1) is 11.8 Å². The Kier molecular flexibility index (Phi) is 5.62. The number of hydrogen-bond acceptors (Lipinski definition) is 2. The Morgan fingerprint density at radius 1 is 1.33 bits per heavy atom. The second-order valence-corrected chi connectivity index (χ2v) is 5.09. The van der Waals surface area contributed by atoms with Gasteiger partial charge >= 0.3 is 0 Å². The van der Waals surface area contributed by atoms with E-state index in [-0.39, 0.29) is 0 Å². The van der Waals surface area contributed by atoms with Crippen LogP contribution in [0.25, 0.3) is 0 Å². The average molecular weight is 213 g/mol. The van der Waals surface area contributed by atoms with Gasteiger partial charge in [0.25, 0.3) is 0 Å². The second kappa shape index (κ2) is 6.49. The Labute approximate surface area is 94.8 Å². The first-order chi connectivity index (χ1) is 7.19. The van der Waals surface area contributed by atoms with Crippen LogP contribution in [0.15, 0.2) is 0 Å². The van der Waals surface area contributed by atoms with Crippen molar-refractivity contribution >= 4 is 0 Å². The Morgan fingerprint density at radius 3 is 2.33 bits per heavy atom. The Balaban J connectivity index is 2.43. The maximum Gasteiger partial charge on any atom is 0.0750 e. The van der Waals surface area contributed by atoms with Crippen molar-refractivity contribution < 1.29 is 4.74 Å². The Hall–Kier alpha value is -0.0800. The van der Waals surface area contributed by atoms with Gasteiger partial charge in [0.15, 0.2) is 0 Å². The number of rotatable bonds is 7. The van der Waals surface area contributed by atoms with E-state index in [2.05, 4.69) is 33.1 Å². The summed E-state index contributed by atoms with van der Waals surface area (Å²) < 4.78 is 5.86. The zero-order valence-electron chi connectivity index (χ0n) is 10.8. The molecule has 1 aliphatic rings. The smallest absolute Gasteiger partial charge is 0.0750 e. The summed E-state index contributed by atoms with van der Waals surface area (Å²) in [6.07, 6.45) is 5.95. The van der Waals surface area contributed by atoms with Gasteiger partial charge in [0.1, 0.15) is 0 Å². The minimum atomic E-state index is 0.376. The highest BCUT2D eigenvalue weighted by Gasteiger charge is 2.28. The summed E-state index contributed by atoms with van der Waals surface area (Å²) in [4.78, 5) is 0. The minimum absolute atomic E-state index is 0.376. The first-order valence-electron chi connectivity index (χ1n) is 6.47. The van der Waals surface area contributed by atoms with Crippen LogP contribution in [0.5, 0.6) is 0 Å². The van der Waals surface area contributed by atoms with Gasteiger partial charge < -0.3 is 10.1 Å². The standard InChI is InChI=1S/C13H27NO/c1-5-15-13(10(2)3)12(14-4)9-11-7-6-8-11/h10-14H,5-9H2,1-4H3. The lowest BCUT2D eigenvalue weighted by Crippen LogP contribution is -2.44. The van der Waals surface area contributed by atoms with Crippen molar-refractivity contribution in [3.63, 3.8) is 0 Å². The van der Waals surface area contributed by atoms with Crippen LogP contribution in [0.3, 0.4) is 0 Å². The normalized spacial score (nSPS) is 21.4. The Morgan fingerprint density at radius 2 is 2.00 bits per heavy atom. The molecule has 1 rings (SSSR count). The highest BCUT2D eigenvalue weighted by molar-refractivity contribution is 4.83. The largest absolute Gasteiger partial charge is 0.377 e. The molecule has 1 N–H and O–H groups in total. The van der Waals surface area contributed by atoms with Gasteiger partial charge in [-0.15, -0.1) is 0 Å². The van der Waals surface area contributed by atoms with E-state index < -0.39 is 0 Å². The molecule has 15 heavy (non-hydrogen) atoms. The molecular formula is C13H27NO. The maximum atomic E-state index is 5.86. The molecule has 0 aromatic carbocycles. The highest BCUT2D eigenvalue weighted by atomic mass is 16.5. The molecule has 0 saturated heterocycles. The fourth-order valence-corrected chi connectivity index (χ4v) is 2.47. The van der Waals surface area contributed by atoms with E-state index in [4.69, 9.17) is 4.74 Å². The fourth-order valence-electron chi connectivity index (χ4n) is 2.47. The van der Waals surface area contributed by atoms with Gasteiger partial charge in [-0.3, -0.25) is 0 Å². The van der Waals surface area contributed by atoms with E-state index in [9.17, 15) is 0 Å². The number of ether oxygens (including phenoxy) is 1. The maximum absolute atomic E-state index is 5.86. The van der Waals surface area contributed by atoms with E-state index in [1.165, 1.54) is 25.7 Å². The molecule has 0 aliphatic heterocycles. The summed E-state index contributed by atoms with van der Waals surface area (Å²) in [5.74, 6) is 1.55. The summed E-state index contributed by atoms with van der Waals surface area (Å²) in [6.45, 7) is 7.42. The highest BCUT2D eigenvalue weighted by Crippen LogP contribution is 2.32. The molecule has 2 atom stereocenters. The first-order valence-corrected chi connectivity index (χ1v) is 6.47. The van der Waals surface area contributed by atoms with Gasteiger partial charge in [0.2, 0.25) is 0 Å².